The summed E-state index contributed by atoms with van der Waals surface area (Å²) in [5.74, 6) is 0.0346. The Morgan fingerprint density at radius 1 is 0.926 bits per heavy atom. The van der Waals surface area contributed by atoms with Gasteiger partial charge in [0.25, 0.3) is 0 Å². The van der Waals surface area contributed by atoms with Gasteiger partial charge in [-0.3, -0.25) is 4.79 Å². The van der Waals surface area contributed by atoms with E-state index in [2.05, 4.69) is 23.5 Å². The van der Waals surface area contributed by atoms with Crippen molar-refractivity contribution in [3.05, 3.63) is 59.7 Å². The first kappa shape index (κ1) is 18.3. The zero-order valence-electron chi connectivity index (χ0n) is 16.6. The molecule has 2 aliphatic rings. The molecule has 0 bridgehead atoms. The van der Waals surface area contributed by atoms with Crippen LogP contribution in [0, 0.1) is 0 Å². The van der Waals surface area contributed by atoms with Gasteiger partial charge in [-0.25, -0.2) is 0 Å². The molecule has 4 rings (SSSR count). The van der Waals surface area contributed by atoms with Crippen LogP contribution in [-0.4, -0.2) is 24.2 Å². The molecule has 1 atom stereocenters. The summed E-state index contributed by atoms with van der Waals surface area (Å²) in [6.07, 6.45) is 0.652. The maximum atomic E-state index is 12.8. The van der Waals surface area contributed by atoms with Crippen molar-refractivity contribution in [2.45, 2.75) is 57.7 Å². The largest absolute Gasteiger partial charge is 0.494 e. The van der Waals surface area contributed by atoms with Crippen LogP contribution in [0.1, 0.15) is 45.7 Å². The molecular formula is C22H26BNO3. The number of nitrogens with one attached hydrogen (secondary N) is 1. The first-order chi connectivity index (χ1) is 12.6. The molecule has 140 valence electrons. The fraction of sp³-hybridized carbons (Fsp3) is 0.409. The second-order valence-electron chi connectivity index (χ2n) is 8.84. The van der Waals surface area contributed by atoms with E-state index in [0.29, 0.717) is 6.42 Å². The molecule has 0 aromatic heterocycles. The van der Waals surface area contributed by atoms with Gasteiger partial charge in [0.2, 0.25) is 5.91 Å². The van der Waals surface area contributed by atoms with Crippen LogP contribution in [0.25, 0.3) is 0 Å². The van der Waals surface area contributed by atoms with E-state index in [9.17, 15) is 4.79 Å². The number of anilines is 1. The van der Waals surface area contributed by atoms with E-state index in [1.54, 1.807) is 0 Å². The van der Waals surface area contributed by atoms with Crippen LogP contribution in [0.2, 0.25) is 0 Å². The highest BCUT2D eigenvalue weighted by molar-refractivity contribution is 6.62. The summed E-state index contributed by atoms with van der Waals surface area (Å²) in [7, 11) is -0.433. The number of rotatable bonds is 3. The second-order valence-corrected chi connectivity index (χ2v) is 8.84. The van der Waals surface area contributed by atoms with Crippen LogP contribution in [-0.2, 0) is 25.9 Å². The van der Waals surface area contributed by atoms with Crippen LogP contribution < -0.4 is 10.8 Å². The third kappa shape index (κ3) is 2.90. The lowest BCUT2D eigenvalue weighted by atomic mass is 9.73. The lowest BCUT2D eigenvalue weighted by molar-refractivity contribution is -0.120. The van der Waals surface area contributed by atoms with Gasteiger partial charge in [0.1, 0.15) is 0 Å². The Morgan fingerprint density at radius 3 is 2.19 bits per heavy atom. The number of hydrogen-bond donors (Lipinski definition) is 1. The average Bonchev–Trinajstić information content (AvgIpc) is 2.97. The van der Waals surface area contributed by atoms with Crippen LogP contribution in [0.15, 0.2) is 48.5 Å². The van der Waals surface area contributed by atoms with E-state index in [4.69, 9.17) is 9.31 Å². The molecule has 0 spiro atoms. The van der Waals surface area contributed by atoms with E-state index in [1.165, 1.54) is 0 Å². The normalized spacial score (nSPS) is 25.4. The monoisotopic (exact) mass is 363 g/mol. The van der Waals surface area contributed by atoms with Gasteiger partial charge in [-0.2, -0.15) is 0 Å². The van der Waals surface area contributed by atoms with Crippen molar-refractivity contribution in [1.29, 1.82) is 0 Å². The quantitative estimate of drug-likeness (QED) is 0.850. The van der Waals surface area contributed by atoms with E-state index in [0.717, 1.165) is 22.3 Å². The second kappa shape index (κ2) is 5.95. The summed E-state index contributed by atoms with van der Waals surface area (Å²) in [4.78, 5) is 12.8. The molecule has 2 aliphatic heterocycles. The van der Waals surface area contributed by atoms with Crippen molar-refractivity contribution < 1.29 is 14.1 Å². The van der Waals surface area contributed by atoms with Gasteiger partial charge in [0.05, 0.1) is 16.6 Å². The molecular weight excluding hydrogens is 337 g/mol. The highest BCUT2D eigenvalue weighted by atomic mass is 16.7. The Morgan fingerprint density at radius 2 is 1.56 bits per heavy atom. The smallest absolute Gasteiger partial charge is 0.399 e. The summed E-state index contributed by atoms with van der Waals surface area (Å²) in [5, 5.41) is 3.04. The van der Waals surface area contributed by atoms with Crippen LogP contribution >= 0.6 is 0 Å². The molecule has 1 amide bonds. The van der Waals surface area contributed by atoms with Crippen molar-refractivity contribution >= 4 is 24.2 Å². The lowest BCUT2D eigenvalue weighted by Crippen LogP contribution is -2.41. The van der Waals surface area contributed by atoms with E-state index >= 15 is 0 Å². The van der Waals surface area contributed by atoms with E-state index in [-0.39, 0.29) is 5.91 Å². The Labute approximate surface area is 161 Å². The summed E-state index contributed by atoms with van der Waals surface area (Å²) in [5.41, 5.74) is 2.57. The number of hydrogen-bond acceptors (Lipinski definition) is 3. The maximum Gasteiger partial charge on any atom is 0.494 e. The molecule has 1 unspecified atom stereocenters. The molecule has 2 aromatic rings. The zero-order valence-corrected chi connectivity index (χ0v) is 16.6. The van der Waals surface area contributed by atoms with Gasteiger partial charge in [0, 0.05) is 5.69 Å². The molecule has 2 heterocycles. The van der Waals surface area contributed by atoms with Crippen molar-refractivity contribution in [1.82, 2.24) is 0 Å². The topological polar surface area (TPSA) is 47.6 Å². The van der Waals surface area contributed by atoms with Gasteiger partial charge in [0.15, 0.2) is 0 Å². The van der Waals surface area contributed by atoms with Gasteiger partial charge >= 0.3 is 7.12 Å². The predicted octanol–water partition coefficient (Wildman–Crippen LogP) is 3.44. The molecule has 2 aromatic carbocycles. The number of fused-ring (bicyclic) bond motifs is 1. The van der Waals surface area contributed by atoms with Gasteiger partial charge in [-0.15, -0.1) is 0 Å². The first-order valence-corrected chi connectivity index (χ1v) is 9.48. The molecule has 27 heavy (non-hydrogen) atoms. The third-order valence-corrected chi connectivity index (χ3v) is 6.31. The Kier molecular flexibility index (Phi) is 4.02. The van der Waals surface area contributed by atoms with Crippen molar-refractivity contribution in [3.8, 4) is 0 Å². The number of carbonyl (C=O) groups excluding carboxylic acids is 1. The first-order valence-electron chi connectivity index (χ1n) is 9.48. The standard InChI is InChI=1S/C22H26BNO3/c1-20(2)21(3,4)27-23(26-20)16-11-12-18-17(13-16)22(5,19(25)24-18)14-15-9-7-6-8-10-15/h6-13H,14H2,1-5H3,(H,24,25). The fourth-order valence-electron chi connectivity index (χ4n) is 3.82. The molecule has 0 radical (unpaired) electrons. The Bertz CT molecular complexity index is 878. The van der Waals surface area contributed by atoms with Crippen molar-refractivity contribution in [3.63, 3.8) is 0 Å². The minimum absolute atomic E-state index is 0.0346. The Balaban J connectivity index is 1.70. The van der Waals surface area contributed by atoms with Crippen LogP contribution in [0.3, 0.4) is 0 Å². The van der Waals surface area contributed by atoms with E-state index < -0.39 is 23.7 Å². The minimum atomic E-state index is -0.615. The maximum absolute atomic E-state index is 12.8. The molecule has 0 saturated carbocycles. The lowest BCUT2D eigenvalue weighted by Gasteiger charge is -2.32. The van der Waals surface area contributed by atoms with Gasteiger partial charge in [-0.1, -0.05) is 42.5 Å². The number of amides is 1. The molecule has 1 fully saturated rings. The Hall–Kier alpha value is -2.11. The van der Waals surface area contributed by atoms with E-state index in [1.807, 2.05) is 65.0 Å². The van der Waals surface area contributed by atoms with Crippen LogP contribution in [0.5, 0.6) is 0 Å². The predicted molar refractivity (Wildman–Crippen MR) is 108 cm³/mol. The average molecular weight is 363 g/mol. The molecule has 0 aliphatic carbocycles. The molecule has 5 heteroatoms. The zero-order chi connectivity index (χ0) is 19.4. The SMILES string of the molecule is CC1(Cc2ccccc2)C(=O)Nc2ccc(B3OC(C)(C)C(C)(C)O3)cc21. The van der Waals surface area contributed by atoms with Gasteiger partial charge < -0.3 is 14.6 Å². The van der Waals surface area contributed by atoms with Crippen LogP contribution in [0.4, 0.5) is 5.69 Å². The number of benzene rings is 2. The summed E-state index contributed by atoms with van der Waals surface area (Å²) in [6, 6.07) is 16.1. The fourth-order valence-corrected chi connectivity index (χ4v) is 3.82. The summed E-state index contributed by atoms with van der Waals surface area (Å²) >= 11 is 0. The highest BCUT2D eigenvalue weighted by Gasteiger charge is 2.52. The molecule has 1 N–H and O–H groups in total. The van der Waals surface area contributed by atoms with Crippen molar-refractivity contribution in [2.24, 2.45) is 0 Å². The highest BCUT2D eigenvalue weighted by Crippen LogP contribution is 2.41. The minimum Gasteiger partial charge on any atom is -0.399 e. The third-order valence-electron chi connectivity index (χ3n) is 6.31. The molecule has 4 nitrogen and oxygen atoms in total. The molecule has 1 saturated heterocycles. The summed E-state index contributed by atoms with van der Waals surface area (Å²) in [6.45, 7) is 10.2. The number of carbonyl (C=O) groups is 1. The van der Waals surface area contributed by atoms with Gasteiger partial charge in [-0.05, 0) is 63.7 Å². The summed E-state index contributed by atoms with van der Waals surface area (Å²) < 4.78 is 12.4. The van der Waals surface area contributed by atoms with Crippen molar-refractivity contribution in [2.75, 3.05) is 5.32 Å².